The van der Waals surface area contributed by atoms with E-state index in [1.165, 1.54) is 5.56 Å². The number of nitrogens with zero attached hydrogens (tertiary/aromatic N) is 3. The summed E-state index contributed by atoms with van der Waals surface area (Å²) < 4.78 is 1.88. The van der Waals surface area contributed by atoms with Crippen molar-refractivity contribution in [1.82, 2.24) is 20.1 Å². The number of aromatic nitrogens is 3. The molecule has 7 heteroatoms. The Morgan fingerprint density at radius 2 is 1.77 bits per heavy atom. The summed E-state index contributed by atoms with van der Waals surface area (Å²) in [4.78, 5) is 11.9. The lowest BCUT2D eigenvalue weighted by Crippen LogP contribution is -2.32. The van der Waals surface area contributed by atoms with Crippen molar-refractivity contribution in [3.63, 3.8) is 0 Å². The molecule has 7 nitrogen and oxygen atoms in total. The van der Waals surface area contributed by atoms with E-state index in [1.54, 1.807) is 0 Å². The monoisotopic (exact) mass is 350 g/mol. The fourth-order valence-corrected chi connectivity index (χ4v) is 2.41. The topological polar surface area (TPSA) is 83.9 Å². The molecule has 3 aromatic rings. The van der Waals surface area contributed by atoms with Gasteiger partial charge in [-0.05, 0) is 48.4 Å². The van der Waals surface area contributed by atoms with Crippen molar-refractivity contribution >= 4 is 17.5 Å². The molecule has 0 aliphatic heterocycles. The number of nitrogens with one attached hydrogen (secondary N) is 3. The molecular formula is C19H22N6O. The maximum absolute atomic E-state index is 11.9. The summed E-state index contributed by atoms with van der Waals surface area (Å²) >= 11 is 0. The van der Waals surface area contributed by atoms with Crippen LogP contribution in [0.1, 0.15) is 12.5 Å². The standard InChI is InChI=1S/C19H22N6O/c1-2-15-5-7-16(8-6-15)22-19(26)21-12-11-20-17-9-10-18(24-23-17)25-13-3-4-14-25/h3-10,13-14H,2,11-12H2,1H3,(H,20,23)(H2,21,22,26). The molecule has 0 aliphatic rings. The zero-order chi connectivity index (χ0) is 18.2. The number of anilines is 2. The smallest absolute Gasteiger partial charge is 0.319 e. The van der Waals surface area contributed by atoms with E-state index in [2.05, 4.69) is 33.1 Å². The van der Waals surface area contributed by atoms with Gasteiger partial charge in [0.05, 0.1) is 0 Å². The van der Waals surface area contributed by atoms with E-state index >= 15 is 0 Å². The van der Waals surface area contributed by atoms with Crippen molar-refractivity contribution in [3.05, 3.63) is 66.5 Å². The van der Waals surface area contributed by atoms with Crippen molar-refractivity contribution in [3.8, 4) is 5.82 Å². The Kier molecular flexibility index (Phi) is 5.82. The molecule has 0 fully saturated rings. The number of urea groups is 1. The second-order valence-corrected chi connectivity index (χ2v) is 5.73. The zero-order valence-corrected chi connectivity index (χ0v) is 14.6. The third kappa shape index (κ3) is 4.83. The Bertz CT molecular complexity index is 812. The minimum Gasteiger partial charge on any atom is -0.367 e. The maximum atomic E-state index is 11.9. The molecular weight excluding hydrogens is 328 g/mol. The first-order valence-corrected chi connectivity index (χ1v) is 8.59. The Morgan fingerprint density at radius 3 is 2.42 bits per heavy atom. The lowest BCUT2D eigenvalue weighted by molar-refractivity contribution is 0.252. The molecule has 26 heavy (non-hydrogen) atoms. The van der Waals surface area contributed by atoms with E-state index < -0.39 is 0 Å². The fraction of sp³-hybridized carbons (Fsp3) is 0.211. The number of carbonyl (C=O) groups excluding carboxylic acids is 1. The van der Waals surface area contributed by atoms with Gasteiger partial charge in [0.15, 0.2) is 5.82 Å². The van der Waals surface area contributed by atoms with Crippen LogP contribution in [0.3, 0.4) is 0 Å². The maximum Gasteiger partial charge on any atom is 0.319 e. The van der Waals surface area contributed by atoms with Crippen LogP contribution < -0.4 is 16.0 Å². The largest absolute Gasteiger partial charge is 0.367 e. The Labute approximate surface area is 152 Å². The molecule has 0 spiro atoms. The van der Waals surface area contributed by atoms with Crippen molar-refractivity contribution in [2.75, 3.05) is 23.7 Å². The van der Waals surface area contributed by atoms with Crippen LogP contribution in [0, 0.1) is 0 Å². The lowest BCUT2D eigenvalue weighted by atomic mass is 10.1. The predicted octanol–water partition coefficient (Wildman–Crippen LogP) is 3.06. The van der Waals surface area contributed by atoms with Gasteiger partial charge in [-0.2, -0.15) is 0 Å². The highest BCUT2D eigenvalue weighted by molar-refractivity contribution is 5.89. The van der Waals surface area contributed by atoms with Gasteiger partial charge < -0.3 is 20.5 Å². The highest BCUT2D eigenvalue weighted by Gasteiger charge is 2.02. The molecule has 3 N–H and O–H groups in total. The molecule has 134 valence electrons. The first-order chi connectivity index (χ1) is 12.7. The van der Waals surface area contributed by atoms with Gasteiger partial charge in [0.2, 0.25) is 0 Å². The summed E-state index contributed by atoms with van der Waals surface area (Å²) in [7, 11) is 0. The molecule has 0 radical (unpaired) electrons. The minimum absolute atomic E-state index is 0.231. The van der Waals surface area contributed by atoms with Gasteiger partial charge in [-0.15, -0.1) is 10.2 Å². The number of aryl methyl sites for hydroxylation is 1. The number of benzene rings is 1. The molecule has 3 rings (SSSR count). The molecule has 0 unspecified atom stereocenters. The molecule has 2 amide bonds. The van der Waals surface area contributed by atoms with Gasteiger partial charge in [0, 0.05) is 31.2 Å². The summed E-state index contributed by atoms with van der Waals surface area (Å²) in [6, 6.07) is 15.2. The summed E-state index contributed by atoms with van der Waals surface area (Å²) in [5.41, 5.74) is 2.02. The molecule has 2 aromatic heterocycles. The number of carbonyl (C=O) groups is 1. The van der Waals surface area contributed by atoms with Crippen molar-refractivity contribution in [2.24, 2.45) is 0 Å². The van der Waals surface area contributed by atoms with E-state index in [4.69, 9.17) is 0 Å². The van der Waals surface area contributed by atoms with Crippen LogP contribution in [0.25, 0.3) is 5.82 Å². The minimum atomic E-state index is -0.231. The normalized spacial score (nSPS) is 10.3. The van der Waals surface area contributed by atoms with E-state index in [0.29, 0.717) is 18.9 Å². The third-order valence-electron chi connectivity index (χ3n) is 3.86. The first kappa shape index (κ1) is 17.5. The van der Waals surface area contributed by atoms with E-state index in [-0.39, 0.29) is 6.03 Å². The summed E-state index contributed by atoms with van der Waals surface area (Å²) in [6.07, 6.45) is 4.80. The molecule has 0 atom stereocenters. The average Bonchev–Trinajstić information content (AvgIpc) is 3.21. The van der Waals surface area contributed by atoms with Gasteiger partial charge >= 0.3 is 6.03 Å². The Morgan fingerprint density at radius 1 is 1.00 bits per heavy atom. The average molecular weight is 350 g/mol. The van der Waals surface area contributed by atoms with Crippen LogP contribution in [0.2, 0.25) is 0 Å². The highest BCUT2D eigenvalue weighted by Crippen LogP contribution is 2.09. The van der Waals surface area contributed by atoms with Crippen molar-refractivity contribution in [1.29, 1.82) is 0 Å². The van der Waals surface area contributed by atoms with Crippen LogP contribution >= 0.6 is 0 Å². The number of hydrogen-bond acceptors (Lipinski definition) is 4. The van der Waals surface area contributed by atoms with E-state index in [0.717, 1.165) is 17.9 Å². The summed E-state index contributed by atoms with van der Waals surface area (Å²) in [5, 5.41) is 17.0. The molecule has 0 bridgehead atoms. The van der Waals surface area contributed by atoms with Gasteiger partial charge in [-0.25, -0.2) is 4.79 Å². The number of rotatable bonds is 7. The van der Waals surface area contributed by atoms with Gasteiger partial charge in [0.1, 0.15) is 5.82 Å². The van der Waals surface area contributed by atoms with Crippen LogP contribution in [0.15, 0.2) is 60.9 Å². The third-order valence-corrected chi connectivity index (χ3v) is 3.86. The second-order valence-electron chi connectivity index (χ2n) is 5.73. The van der Waals surface area contributed by atoms with Crippen LogP contribution in [0.5, 0.6) is 0 Å². The quantitative estimate of drug-likeness (QED) is 0.572. The zero-order valence-electron chi connectivity index (χ0n) is 14.6. The number of amides is 2. The van der Waals surface area contributed by atoms with E-state index in [1.807, 2.05) is 65.5 Å². The Balaban J connectivity index is 1.38. The summed E-state index contributed by atoms with van der Waals surface area (Å²) in [6.45, 7) is 3.13. The van der Waals surface area contributed by atoms with Crippen molar-refractivity contribution < 1.29 is 4.79 Å². The van der Waals surface area contributed by atoms with Gasteiger partial charge in [-0.3, -0.25) is 0 Å². The van der Waals surface area contributed by atoms with E-state index in [9.17, 15) is 4.79 Å². The highest BCUT2D eigenvalue weighted by atomic mass is 16.2. The van der Waals surface area contributed by atoms with Gasteiger partial charge in [0.25, 0.3) is 0 Å². The molecule has 0 aliphatic carbocycles. The van der Waals surface area contributed by atoms with Crippen LogP contribution in [-0.4, -0.2) is 33.9 Å². The lowest BCUT2D eigenvalue weighted by Gasteiger charge is -2.09. The predicted molar refractivity (Wildman–Crippen MR) is 103 cm³/mol. The SMILES string of the molecule is CCc1ccc(NC(=O)NCCNc2ccc(-n3cccc3)nn2)cc1. The fourth-order valence-electron chi connectivity index (χ4n) is 2.41. The van der Waals surface area contributed by atoms with Crippen molar-refractivity contribution in [2.45, 2.75) is 13.3 Å². The molecule has 0 saturated carbocycles. The second kappa shape index (κ2) is 8.66. The molecule has 2 heterocycles. The first-order valence-electron chi connectivity index (χ1n) is 8.59. The Hall–Kier alpha value is -3.35. The van der Waals surface area contributed by atoms with Crippen LogP contribution in [-0.2, 0) is 6.42 Å². The molecule has 1 aromatic carbocycles. The van der Waals surface area contributed by atoms with Crippen LogP contribution in [0.4, 0.5) is 16.3 Å². The van der Waals surface area contributed by atoms with Gasteiger partial charge in [-0.1, -0.05) is 19.1 Å². The summed E-state index contributed by atoms with van der Waals surface area (Å²) in [5.74, 6) is 1.42. The number of hydrogen-bond donors (Lipinski definition) is 3. The molecule has 0 saturated heterocycles.